The molecule has 0 N–H and O–H groups in total. The standard InChI is InChI=1S/C24H29FN6O/c1-17-26-11-14-30(17)13-10-22(32)31-12-6-7-18(16-31)23-20(15-27-24(28-23)29(2)3)19-8-4-5-9-21(19)25/h4-5,8-9,11,14-15,18H,6-7,10,12-13,16H2,1-3H3/t18-/m0/s1. The Bertz CT molecular complexity index is 1100. The summed E-state index contributed by atoms with van der Waals surface area (Å²) in [6.45, 7) is 3.86. The van der Waals surface area contributed by atoms with Crippen LogP contribution >= 0.6 is 0 Å². The molecule has 1 atom stereocenters. The second-order valence-corrected chi connectivity index (χ2v) is 8.44. The SMILES string of the molecule is Cc1nccn1CCC(=O)N1CCC[C@H](c2nc(N(C)C)ncc2-c2ccccc2F)C1. The molecule has 1 amide bonds. The van der Waals surface area contributed by atoms with Crippen LogP contribution in [0.25, 0.3) is 11.1 Å². The fourth-order valence-corrected chi connectivity index (χ4v) is 4.24. The normalized spacial score (nSPS) is 16.2. The molecule has 4 rings (SSSR count). The van der Waals surface area contributed by atoms with E-state index in [0.717, 1.165) is 30.9 Å². The van der Waals surface area contributed by atoms with Crippen molar-refractivity contribution in [1.29, 1.82) is 0 Å². The van der Waals surface area contributed by atoms with Crippen molar-refractivity contribution in [2.75, 3.05) is 32.1 Å². The summed E-state index contributed by atoms with van der Waals surface area (Å²) in [5.74, 6) is 1.34. The van der Waals surface area contributed by atoms with Gasteiger partial charge in [0.2, 0.25) is 11.9 Å². The zero-order chi connectivity index (χ0) is 22.7. The lowest BCUT2D eigenvalue weighted by Gasteiger charge is -2.33. The second kappa shape index (κ2) is 9.46. The van der Waals surface area contributed by atoms with Gasteiger partial charge in [-0.1, -0.05) is 18.2 Å². The van der Waals surface area contributed by atoms with E-state index in [1.807, 2.05) is 47.6 Å². The number of likely N-dealkylation sites (tertiary alicyclic amines) is 1. The third-order valence-corrected chi connectivity index (χ3v) is 6.02. The van der Waals surface area contributed by atoms with Crippen LogP contribution in [0.3, 0.4) is 0 Å². The van der Waals surface area contributed by atoms with E-state index in [4.69, 9.17) is 4.98 Å². The van der Waals surface area contributed by atoms with Gasteiger partial charge in [-0.2, -0.15) is 0 Å². The molecule has 0 aliphatic carbocycles. The number of benzene rings is 1. The molecule has 168 valence electrons. The van der Waals surface area contributed by atoms with Gasteiger partial charge in [-0.3, -0.25) is 4.79 Å². The molecule has 0 unspecified atom stereocenters. The summed E-state index contributed by atoms with van der Waals surface area (Å²) in [7, 11) is 3.77. The molecule has 0 bridgehead atoms. The Morgan fingerprint density at radius 1 is 1.22 bits per heavy atom. The van der Waals surface area contributed by atoms with Gasteiger partial charge in [-0.25, -0.2) is 19.3 Å². The number of aromatic nitrogens is 4. The molecule has 1 aliphatic heterocycles. The molecule has 7 nitrogen and oxygen atoms in total. The Labute approximate surface area is 187 Å². The van der Waals surface area contributed by atoms with Crippen molar-refractivity contribution in [3.8, 4) is 11.1 Å². The Hall–Kier alpha value is -3.29. The third-order valence-electron chi connectivity index (χ3n) is 6.02. The summed E-state index contributed by atoms with van der Waals surface area (Å²) < 4.78 is 16.6. The van der Waals surface area contributed by atoms with Gasteiger partial charge in [0.15, 0.2) is 0 Å². The zero-order valence-electron chi connectivity index (χ0n) is 18.8. The Morgan fingerprint density at radius 3 is 2.75 bits per heavy atom. The molecule has 1 aliphatic rings. The van der Waals surface area contributed by atoms with Crippen molar-refractivity contribution in [2.24, 2.45) is 0 Å². The van der Waals surface area contributed by atoms with Crippen molar-refractivity contribution >= 4 is 11.9 Å². The molecule has 0 radical (unpaired) electrons. The molecule has 1 saturated heterocycles. The molecular weight excluding hydrogens is 407 g/mol. The fraction of sp³-hybridized carbons (Fsp3) is 0.417. The number of halogens is 1. The molecule has 2 aromatic heterocycles. The van der Waals surface area contributed by atoms with E-state index in [1.54, 1.807) is 24.5 Å². The Morgan fingerprint density at radius 2 is 2.03 bits per heavy atom. The average Bonchev–Trinajstić information content (AvgIpc) is 3.22. The van der Waals surface area contributed by atoms with Crippen molar-refractivity contribution in [3.05, 3.63) is 60.2 Å². The summed E-state index contributed by atoms with van der Waals surface area (Å²) in [5, 5.41) is 0. The number of carbonyl (C=O) groups excluding carboxylic acids is 1. The molecule has 1 aromatic carbocycles. The first-order valence-corrected chi connectivity index (χ1v) is 11.0. The van der Waals surface area contributed by atoms with Gasteiger partial charge in [0.05, 0.1) is 5.69 Å². The van der Waals surface area contributed by atoms with E-state index in [9.17, 15) is 9.18 Å². The summed E-state index contributed by atoms with van der Waals surface area (Å²) in [6, 6.07) is 6.70. The van der Waals surface area contributed by atoms with E-state index in [-0.39, 0.29) is 17.6 Å². The number of imidazole rings is 1. The van der Waals surface area contributed by atoms with Gasteiger partial charge in [0.25, 0.3) is 0 Å². The minimum atomic E-state index is -0.297. The smallest absolute Gasteiger partial charge is 0.225 e. The number of hydrogen-bond donors (Lipinski definition) is 0. The molecule has 3 heterocycles. The lowest BCUT2D eigenvalue weighted by molar-refractivity contribution is -0.132. The molecule has 8 heteroatoms. The average molecular weight is 437 g/mol. The lowest BCUT2D eigenvalue weighted by Crippen LogP contribution is -2.39. The number of amides is 1. The van der Waals surface area contributed by atoms with E-state index in [2.05, 4.69) is 9.97 Å². The quantitative estimate of drug-likeness (QED) is 0.590. The zero-order valence-corrected chi connectivity index (χ0v) is 18.8. The largest absolute Gasteiger partial charge is 0.347 e. The maximum absolute atomic E-state index is 14.6. The van der Waals surface area contributed by atoms with Crippen LogP contribution in [0.4, 0.5) is 10.3 Å². The Kier molecular flexibility index (Phi) is 6.48. The highest BCUT2D eigenvalue weighted by molar-refractivity contribution is 5.76. The molecular formula is C24H29FN6O. The number of nitrogens with zero attached hydrogens (tertiary/aromatic N) is 6. The molecule has 3 aromatic rings. The van der Waals surface area contributed by atoms with Crippen molar-refractivity contribution in [1.82, 2.24) is 24.4 Å². The molecule has 0 spiro atoms. The number of carbonyl (C=O) groups is 1. The minimum Gasteiger partial charge on any atom is -0.347 e. The van der Waals surface area contributed by atoms with Crippen molar-refractivity contribution < 1.29 is 9.18 Å². The fourth-order valence-electron chi connectivity index (χ4n) is 4.24. The number of hydrogen-bond acceptors (Lipinski definition) is 5. The predicted octanol–water partition coefficient (Wildman–Crippen LogP) is 3.65. The molecule has 32 heavy (non-hydrogen) atoms. The highest BCUT2D eigenvalue weighted by Crippen LogP contribution is 2.35. The van der Waals surface area contributed by atoms with E-state index < -0.39 is 0 Å². The maximum Gasteiger partial charge on any atom is 0.225 e. The maximum atomic E-state index is 14.6. The van der Waals surface area contributed by atoms with Crippen LogP contribution in [0.1, 0.15) is 36.7 Å². The first kappa shape index (κ1) is 21.9. The minimum absolute atomic E-state index is 0.0268. The van der Waals surface area contributed by atoms with Crippen LogP contribution in [0.5, 0.6) is 0 Å². The van der Waals surface area contributed by atoms with Gasteiger partial charge in [-0.05, 0) is 25.8 Å². The number of anilines is 1. The van der Waals surface area contributed by atoms with E-state index in [0.29, 0.717) is 36.6 Å². The monoisotopic (exact) mass is 436 g/mol. The number of piperidine rings is 1. The highest BCUT2D eigenvalue weighted by Gasteiger charge is 2.28. The van der Waals surface area contributed by atoms with Gasteiger partial charge in [-0.15, -0.1) is 0 Å². The lowest BCUT2D eigenvalue weighted by atomic mass is 9.89. The van der Waals surface area contributed by atoms with E-state index in [1.165, 1.54) is 6.07 Å². The predicted molar refractivity (Wildman–Crippen MR) is 122 cm³/mol. The summed E-state index contributed by atoms with van der Waals surface area (Å²) >= 11 is 0. The third kappa shape index (κ3) is 4.64. The van der Waals surface area contributed by atoms with Gasteiger partial charge >= 0.3 is 0 Å². The van der Waals surface area contributed by atoms with E-state index >= 15 is 0 Å². The van der Waals surface area contributed by atoms with Crippen LogP contribution in [0.15, 0.2) is 42.9 Å². The van der Waals surface area contributed by atoms with Crippen LogP contribution in [0.2, 0.25) is 0 Å². The second-order valence-electron chi connectivity index (χ2n) is 8.44. The molecule has 1 fully saturated rings. The summed E-state index contributed by atoms with van der Waals surface area (Å²) in [5.41, 5.74) is 1.99. The first-order chi connectivity index (χ1) is 15.4. The van der Waals surface area contributed by atoms with Crippen LogP contribution in [-0.4, -0.2) is 57.5 Å². The Balaban J connectivity index is 1.58. The topological polar surface area (TPSA) is 67.2 Å². The van der Waals surface area contributed by atoms with Gasteiger partial charge < -0.3 is 14.4 Å². The van der Waals surface area contributed by atoms with Crippen LogP contribution in [0, 0.1) is 12.7 Å². The van der Waals surface area contributed by atoms with Crippen LogP contribution < -0.4 is 4.90 Å². The summed E-state index contributed by atoms with van der Waals surface area (Å²) in [4.78, 5) is 30.2. The van der Waals surface area contributed by atoms with Gasteiger partial charge in [0.1, 0.15) is 11.6 Å². The first-order valence-electron chi connectivity index (χ1n) is 11.0. The number of aryl methyl sites for hydroxylation is 2. The number of rotatable bonds is 6. The van der Waals surface area contributed by atoms with Crippen molar-refractivity contribution in [3.63, 3.8) is 0 Å². The van der Waals surface area contributed by atoms with Crippen LogP contribution in [-0.2, 0) is 11.3 Å². The highest BCUT2D eigenvalue weighted by atomic mass is 19.1. The molecule has 0 saturated carbocycles. The van der Waals surface area contributed by atoms with Gasteiger partial charge in [0, 0.05) is 75.8 Å². The van der Waals surface area contributed by atoms with Crippen molar-refractivity contribution in [2.45, 2.75) is 38.6 Å². The summed E-state index contributed by atoms with van der Waals surface area (Å²) in [6.07, 6.45) is 7.56.